The van der Waals surface area contributed by atoms with Gasteiger partial charge in [0.2, 0.25) is 0 Å². The number of nitrogens with zero attached hydrogens (tertiary/aromatic N) is 1. The number of benzene rings is 1. The average Bonchev–Trinajstić information content (AvgIpc) is 3.22. The Morgan fingerprint density at radius 2 is 2.09 bits per heavy atom. The molecule has 2 aromatic rings. The summed E-state index contributed by atoms with van der Waals surface area (Å²) >= 11 is 0. The smallest absolute Gasteiger partial charge is 0.407 e. The number of hydrogen-bond donors (Lipinski definition) is 1. The van der Waals surface area contributed by atoms with Crippen LogP contribution in [-0.4, -0.2) is 36.3 Å². The van der Waals surface area contributed by atoms with Crippen molar-refractivity contribution in [2.24, 2.45) is 29.6 Å². The van der Waals surface area contributed by atoms with Gasteiger partial charge >= 0.3 is 12.1 Å². The van der Waals surface area contributed by atoms with Crippen molar-refractivity contribution in [1.29, 1.82) is 0 Å². The molecule has 1 amide bonds. The molecule has 1 aliphatic heterocycles. The molecule has 184 valence electrons. The quantitative estimate of drug-likeness (QED) is 0.595. The van der Waals surface area contributed by atoms with Crippen LogP contribution >= 0.6 is 0 Å². The maximum atomic E-state index is 13.6. The molecule has 1 aromatic heterocycles. The number of halogens is 1. The summed E-state index contributed by atoms with van der Waals surface area (Å²) in [7, 11) is 0. The summed E-state index contributed by atoms with van der Waals surface area (Å²) in [6, 6.07) is 10.4. The molecule has 6 atom stereocenters. The van der Waals surface area contributed by atoms with Gasteiger partial charge in [0.05, 0.1) is 24.8 Å². The third-order valence-electron chi connectivity index (χ3n) is 7.86. The molecule has 2 heterocycles. The van der Waals surface area contributed by atoms with Crippen LogP contribution in [0.1, 0.15) is 38.3 Å². The molecule has 2 saturated carbocycles. The van der Waals surface area contributed by atoms with Gasteiger partial charge in [-0.25, -0.2) is 9.18 Å². The van der Waals surface area contributed by atoms with Gasteiger partial charge < -0.3 is 14.8 Å². The van der Waals surface area contributed by atoms with Crippen molar-refractivity contribution >= 4 is 18.1 Å². The molecule has 3 aliphatic rings. The molecule has 6 nitrogen and oxygen atoms in total. The summed E-state index contributed by atoms with van der Waals surface area (Å²) in [6.07, 6.45) is 9.19. The number of carbonyl (C=O) groups excluding carboxylic acids is 2. The third-order valence-corrected chi connectivity index (χ3v) is 7.86. The molecular formula is C28H31FN2O4. The van der Waals surface area contributed by atoms with Crippen LogP contribution in [0.15, 0.2) is 48.7 Å². The van der Waals surface area contributed by atoms with Crippen LogP contribution < -0.4 is 5.32 Å². The standard InChI is InChI=1S/C28H31FN2O4/c1-2-34-28(33)31-22-9-10-23-19(13-22)14-25-26(16-35-27(25)32)24(23)11-8-21-7-6-18(15-30-21)17-4-3-5-20(29)12-17/h3-8,11-12,15,19,22-26H,2,9-10,13-14,16H2,1H3,(H,31,33)/b11-8+/t19-,22+,23+,24-,25+,26+/m0/s1. The lowest BCUT2D eigenvalue weighted by atomic mass is 9.58. The van der Waals surface area contributed by atoms with Crippen LogP contribution in [0, 0.1) is 35.4 Å². The molecule has 0 unspecified atom stereocenters. The largest absolute Gasteiger partial charge is 0.465 e. The van der Waals surface area contributed by atoms with Crippen molar-refractivity contribution in [3.05, 3.63) is 60.2 Å². The summed E-state index contributed by atoms with van der Waals surface area (Å²) in [5.41, 5.74) is 2.48. The Balaban J connectivity index is 1.31. The minimum atomic E-state index is -0.367. The number of rotatable bonds is 5. The first kappa shape index (κ1) is 23.5. The Hall–Kier alpha value is -3.22. The molecule has 35 heavy (non-hydrogen) atoms. The maximum absolute atomic E-state index is 13.6. The van der Waals surface area contributed by atoms with E-state index in [0.717, 1.165) is 42.5 Å². The molecule has 2 aliphatic carbocycles. The third kappa shape index (κ3) is 5.09. The highest BCUT2D eigenvalue weighted by Gasteiger charge is 2.51. The molecular weight excluding hydrogens is 447 g/mol. The van der Waals surface area contributed by atoms with Crippen molar-refractivity contribution in [2.45, 2.75) is 38.6 Å². The molecule has 0 bridgehead atoms. The van der Waals surface area contributed by atoms with Gasteiger partial charge in [0.15, 0.2) is 0 Å². The molecule has 0 spiro atoms. The Morgan fingerprint density at radius 1 is 1.20 bits per heavy atom. The van der Waals surface area contributed by atoms with E-state index in [1.54, 1.807) is 19.2 Å². The van der Waals surface area contributed by atoms with Gasteiger partial charge in [-0.15, -0.1) is 0 Å². The number of ether oxygens (including phenoxy) is 2. The highest BCUT2D eigenvalue weighted by molar-refractivity contribution is 5.75. The Morgan fingerprint density at radius 3 is 2.86 bits per heavy atom. The second kappa shape index (κ2) is 10.2. The van der Waals surface area contributed by atoms with E-state index in [-0.39, 0.29) is 41.7 Å². The molecule has 5 rings (SSSR count). The van der Waals surface area contributed by atoms with Crippen LogP contribution in [0.3, 0.4) is 0 Å². The van der Waals surface area contributed by atoms with E-state index < -0.39 is 0 Å². The maximum Gasteiger partial charge on any atom is 0.407 e. The molecule has 1 N–H and O–H groups in total. The number of hydrogen-bond acceptors (Lipinski definition) is 5. The van der Waals surface area contributed by atoms with E-state index in [0.29, 0.717) is 25.0 Å². The van der Waals surface area contributed by atoms with Crippen LogP contribution in [0.25, 0.3) is 17.2 Å². The van der Waals surface area contributed by atoms with Crippen molar-refractivity contribution in [3.63, 3.8) is 0 Å². The predicted molar refractivity (Wildman–Crippen MR) is 129 cm³/mol. The summed E-state index contributed by atoms with van der Waals surface area (Å²) < 4.78 is 24.1. The lowest BCUT2D eigenvalue weighted by molar-refractivity contribution is -0.142. The van der Waals surface area contributed by atoms with Crippen LogP contribution in [0.5, 0.6) is 0 Å². The monoisotopic (exact) mass is 478 g/mol. The zero-order chi connectivity index (χ0) is 24.4. The summed E-state index contributed by atoms with van der Waals surface area (Å²) in [5.74, 6) is 0.739. The van der Waals surface area contributed by atoms with E-state index in [1.165, 1.54) is 12.1 Å². The van der Waals surface area contributed by atoms with Crippen LogP contribution in [-0.2, 0) is 14.3 Å². The number of carbonyl (C=O) groups is 2. The first-order valence-corrected chi connectivity index (χ1v) is 12.5. The van der Waals surface area contributed by atoms with Gasteiger partial charge in [-0.05, 0) is 80.2 Å². The minimum absolute atomic E-state index is 0.0749. The van der Waals surface area contributed by atoms with Gasteiger partial charge in [0, 0.05) is 23.7 Å². The van der Waals surface area contributed by atoms with E-state index >= 15 is 0 Å². The minimum Gasteiger partial charge on any atom is -0.465 e. The average molecular weight is 479 g/mol. The lowest BCUT2D eigenvalue weighted by Crippen LogP contribution is -2.47. The van der Waals surface area contributed by atoms with Gasteiger partial charge in [-0.1, -0.05) is 24.3 Å². The van der Waals surface area contributed by atoms with Crippen molar-refractivity contribution in [2.75, 3.05) is 13.2 Å². The van der Waals surface area contributed by atoms with Crippen LogP contribution in [0.2, 0.25) is 0 Å². The van der Waals surface area contributed by atoms with Gasteiger partial charge in [0.1, 0.15) is 5.82 Å². The number of fused-ring (bicyclic) bond motifs is 2. The Labute approximate surface area is 204 Å². The predicted octanol–water partition coefficient (Wildman–Crippen LogP) is 5.24. The first-order valence-electron chi connectivity index (χ1n) is 12.5. The highest BCUT2D eigenvalue weighted by atomic mass is 19.1. The van der Waals surface area contributed by atoms with E-state index in [1.807, 2.05) is 24.3 Å². The number of aromatic nitrogens is 1. The fourth-order valence-corrected chi connectivity index (χ4v) is 6.24. The van der Waals surface area contributed by atoms with E-state index in [2.05, 4.69) is 16.4 Å². The Bertz CT molecular complexity index is 1100. The second-order valence-corrected chi connectivity index (χ2v) is 9.85. The molecule has 1 saturated heterocycles. The highest BCUT2D eigenvalue weighted by Crippen LogP contribution is 2.51. The van der Waals surface area contributed by atoms with E-state index in [4.69, 9.17) is 9.47 Å². The van der Waals surface area contributed by atoms with Crippen molar-refractivity contribution < 1.29 is 23.5 Å². The molecule has 0 radical (unpaired) electrons. The van der Waals surface area contributed by atoms with Crippen LogP contribution in [0.4, 0.5) is 9.18 Å². The number of allylic oxidation sites excluding steroid dienone is 1. The second-order valence-electron chi connectivity index (χ2n) is 9.85. The van der Waals surface area contributed by atoms with Gasteiger partial charge in [-0.2, -0.15) is 0 Å². The number of cyclic esters (lactones) is 1. The number of alkyl carbamates (subject to hydrolysis) is 1. The Kier molecular flexibility index (Phi) is 6.84. The lowest BCUT2D eigenvalue weighted by Gasteiger charge is -2.46. The fourth-order valence-electron chi connectivity index (χ4n) is 6.24. The SMILES string of the molecule is CCOC(=O)N[C@@H]1CC[C@@H]2[C@@H](C1)C[C@H]1C(=O)OC[C@@H]1[C@H]2/C=C/c1ccc(-c2cccc(F)c2)cn1. The number of pyridine rings is 1. The van der Waals surface area contributed by atoms with Crippen molar-refractivity contribution in [1.82, 2.24) is 10.3 Å². The molecule has 1 aromatic carbocycles. The normalized spacial score (nSPS) is 29.8. The zero-order valence-electron chi connectivity index (χ0n) is 19.9. The van der Waals surface area contributed by atoms with Gasteiger partial charge in [-0.3, -0.25) is 9.78 Å². The molecule has 7 heteroatoms. The number of amides is 1. The molecule has 3 fully saturated rings. The number of esters is 1. The first-order chi connectivity index (χ1) is 17.0. The summed E-state index contributed by atoms with van der Waals surface area (Å²) in [4.78, 5) is 29.0. The number of nitrogens with one attached hydrogen (secondary N) is 1. The van der Waals surface area contributed by atoms with Crippen molar-refractivity contribution in [3.8, 4) is 11.1 Å². The fraction of sp³-hybridized carbons (Fsp3) is 0.464. The van der Waals surface area contributed by atoms with Gasteiger partial charge in [0.25, 0.3) is 0 Å². The van der Waals surface area contributed by atoms with E-state index in [9.17, 15) is 14.0 Å². The zero-order valence-corrected chi connectivity index (χ0v) is 19.9. The summed E-state index contributed by atoms with van der Waals surface area (Å²) in [6.45, 7) is 2.62. The topological polar surface area (TPSA) is 77.5 Å². The summed E-state index contributed by atoms with van der Waals surface area (Å²) in [5, 5.41) is 2.99.